The quantitative estimate of drug-likeness (QED) is 0.490. The number of nitrogens with one attached hydrogen (secondary N) is 2. The van der Waals surface area contributed by atoms with Gasteiger partial charge in [-0.05, 0) is 36.8 Å². The van der Waals surface area contributed by atoms with Gasteiger partial charge in [0, 0.05) is 36.3 Å². The third-order valence-corrected chi connectivity index (χ3v) is 4.98. The molecule has 8 nitrogen and oxygen atoms in total. The fourth-order valence-corrected chi connectivity index (χ4v) is 3.71. The lowest BCUT2D eigenvalue weighted by Crippen LogP contribution is -2.28. The number of benzene rings is 1. The summed E-state index contributed by atoms with van der Waals surface area (Å²) in [5, 5.41) is 5.95. The first-order chi connectivity index (χ1) is 13.6. The molecule has 0 aliphatic rings. The van der Waals surface area contributed by atoms with E-state index >= 15 is 0 Å². The molecule has 0 unspecified atom stereocenters. The van der Waals surface area contributed by atoms with Crippen LogP contribution in [0.4, 0.5) is 15.7 Å². The molecule has 4 N–H and O–H groups in total. The largest absolute Gasteiger partial charge is 0.384 e. The van der Waals surface area contributed by atoms with Crippen molar-refractivity contribution >= 4 is 38.5 Å². The van der Waals surface area contributed by atoms with Crippen molar-refractivity contribution in [2.45, 2.75) is 6.92 Å². The van der Waals surface area contributed by atoms with Gasteiger partial charge in [0.1, 0.15) is 5.82 Å². The number of hydrogen-bond donors (Lipinski definition) is 3. The lowest BCUT2D eigenvalue weighted by molar-refractivity contribution is 0.252. The van der Waals surface area contributed by atoms with Gasteiger partial charge < -0.3 is 11.1 Å². The predicted molar refractivity (Wildman–Crippen MR) is 111 cm³/mol. The molecule has 0 saturated heterocycles. The minimum atomic E-state index is -0.296. The van der Waals surface area contributed by atoms with E-state index in [0.717, 1.165) is 26.9 Å². The second-order valence-electron chi connectivity index (χ2n) is 5.92. The third kappa shape index (κ3) is 3.60. The number of hydrogen-bond acceptors (Lipinski definition) is 7. The molecule has 0 aliphatic heterocycles. The summed E-state index contributed by atoms with van der Waals surface area (Å²) >= 11 is 1.36. The Morgan fingerprint density at radius 1 is 1.18 bits per heavy atom. The molecule has 3 aromatic heterocycles. The number of amides is 2. The Hall–Kier alpha value is -3.59. The van der Waals surface area contributed by atoms with Gasteiger partial charge in [-0.2, -0.15) is 0 Å². The molecule has 28 heavy (non-hydrogen) atoms. The van der Waals surface area contributed by atoms with E-state index in [2.05, 4.69) is 30.6 Å². The Balaban J connectivity index is 1.88. The van der Waals surface area contributed by atoms with Gasteiger partial charge in [0.25, 0.3) is 0 Å². The molecule has 0 aliphatic carbocycles. The Morgan fingerprint density at radius 2 is 2.07 bits per heavy atom. The number of nitrogens with zero attached hydrogens (tertiary/aromatic N) is 4. The maximum atomic E-state index is 11.9. The number of pyridine rings is 1. The molecule has 0 atom stereocenters. The van der Waals surface area contributed by atoms with Crippen molar-refractivity contribution in [3.05, 3.63) is 48.9 Å². The summed E-state index contributed by atoms with van der Waals surface area (Å²) in [6.45, 7) is 2.39. The SMILES string of the molecule is CCNC(=O)Nc1nc2cc(-c3cccnc3)cc(-c3nccc(N)n3)c2s1. The van der Waals surface area contributed by atoms with Gasteiger partial charge in [-0.1, -0.05) is 17.4 Å². The molecule has 0 spiro atoms. The van der Waals surface area contributed by atoms with Gasteiger partial charge in [0.2, 0.25) is 0 Å². The van der Waals surface area contributed by atoms with Gasteiger partial charge in [-0.3, -0.25) is 10.3 Å². The summed E-state index contributed by atoms with van der Waals surface area (Å²) in [7, 11) is 0. The van der Waals surface area contributed by atoms with Crippen molar-refractivity contribution in [1.29, 1.82) is 0 Å². The van der Waals surface area contributed by atoms with Crippen LogP contribution in [0.2, 0.25) is 0 Å². The van der Waals surface area contributed by atoms with Crippen molar-refractivity contribution in [2.75, 3.05) is 17.6 Å². The lowest BCUT2D eigenvalue weighted by Gasteiger charge is -2.06. The monoisotopic (exact) mass is 391 g/mol. The van der Waals surface area contributed by atoms with E-state index in [1.165, 1.54) is 11.3 Å². The number of carbonyl (C=O) groups excluding carboxylic acids is 1. The lowest BCUT2D eigenvalue weighted by atomic mass is 10.0. The number of nitrogen functional groups attached to an aromatic ring is 1. The van der Waals surface area contributed by atoms with Crippen molar-refractivity contribution in [1.82, 2.24) is 25.3 Å². The van der Waals surface area contributed by atoms with Gasteiger partial charge in [0.15, 0.2) is 11.0 Å². The molecular weight excluding hydrogens is 374 g/mol. The highest BCUT2D eigenvalue weighted by Gasteiger charge is 2.16. The van der Waals surface area contributed by atoms with E-state index in [9.17, 15) is 4.79 Å². The number of anilines is 2. The molecular formula is C19H17N7OS. The fraction of sp³-hybridized carbons (Fsp3) is 0.105. The van der Waals surface area contributed by atoms with Crippen LogP contribution in [-0.2, 0) is 0 Å². The number of urea groups is 1. The molecule has 9 heteroatoms. The van der Waals surface area contributed by atoms with Gasteiger partial charge in [-0.25, -0.2) is 19.7 Å². The Kier molecular flexibility index (Phi) is 4.81. The van der Waals surface area contributed by atoms with Crippen LogP contribution >= 0.6 is 11.3 Å². The van der Waals surface area contributed by atoms with E-state index in [1.54, 1.807) is 24.7 Å². The van der Waals surface area contributed by atoms with E-state index in [0.29, 0.717) is 23.3 Å². The number of nitrogens with two attached hydrogens (primary N) is 1. The molecule has 1 aromatic carbocycles. The van der Waals surface area contributed by atoms with Crippen LogP contribution in [-0.4, -0.2) is 32.5 Å². The normalized spacial score (nSPS) is 10.8. The van der Waals surface area contributed by atoms with E-state index in [4.69, 9.17) is 5.73 Å². The highest BCUT2D eigenvalue weighted by atomic mass is 32.1. The molecule has 4 rings (SSSR count). The summed E-state index contributed by atoms with van der Waals surface area (Å²) in [5.74, 6) is 0.888. The number of carbonyl (C=O) groups is 1. The average Bonchev–Trinajstić information content (AvgIpc) is 3.10. The van der Waals surface area contributed by atoms with Crippen molar-refractivity contribution in [3.8, 4) is 22.5 Å². The van der Waals surface area contributed by atoms with Gasteiger partial charge in [-0.15, -0.1) is 0 Å². The zero-order chi connectivity index (χ0) is 19.5. The Labute approximate surface area is 164 Å². The number of thiazole rings is 1. The van der Waals surface area contributed by atoms with Crippen molar-refractivity contribution < 1.29 is 4.79 Å². The molecule has 0 saturated carbocycles. The Morgan fingerprint density at radius 3 is 2.82 bits per heavy atom. The zero-order valence-electron chi connectivity index (χ0n) is 15.0. The minimum Gasteiger partial charge on any atom is -0.384 e. The molecule has 0 fully saturated rings. The summed E-state index contributed by atoms with van der Waals surface area (Å²) in [4.78, 5) is 29.4. The fourth-order valence-electron chi connectivity index (χ4n) is 2.76. The number of aromatic nitrogens is 4. The van der Waals surface area contributed by atoms with Crippen LogP contribution in [0.25, 0.3) is 32.7 Å². The van der Waals surface area contributed by atoms with Crippen molar-refractivity contribution in [2.24, 2.45) is 0 Å². The molecule has 2 amide bonds. The van der Waals surface area contributed by atoms with E-state index < -0.39 is 0 Å². The minimum absolute atomic E-state index is 0.296. The first-order valence-electron chi connectivity index (χ1n) is 8.63. The van der Waals surface area contributed by atoms with Crippen LogP contribution in [0.3, 0.4) is 0 Å². The molecule has 140 valence electrons. The van der Waals surface area contributed by atoms with Crippen LogP contribution < -0.4 is 16.4 Å². The zero-order valence-corrected chi connectivity index (χ0v) is 15.8. The van der Waals surface area contributed by atoms with Gasteiger partial charge >= 0.3 is 6.03 Å². The summed E-state index contributed by atoms with van der Waals surface area (Å²) in [6, 6.07) is 9.14. The standard InChI is InChI=1S/C19H17N7OS/c1-2-22-18(27)26-19-24-14-9-12(11-4-3-6-21-10-11)8-13(16(14)28-19)17-23-7-5-15(20)25-17/h3-10H,2H2,1H3,(H2,20,23,25)(H2,22,24,26,27). The second-order valence-corrected chi connectivity index (χ2v) is 6.92. The van der Waals surface area contributed by atoms with E-state index in [-0.39, 0.29) is 6.03 Å². The summed E-state index contributed by atoms with van der Waals surface area (Å²) in [5.41, 5.74) is 9.26. The summed E-state index contributed by atoms with van der Waals surface area (Å²) in [6.07, 6.45) is 5.13. The molecule has 4 aromatic rings. The predicted octanol–water partition coefficient (Wildman–Crippen LogP) is 3.54. The summed E-state index contributed by atoms with van der Waals surface area (Å²) < 4.78 is 0.866. The van der Waals surface area contributed by atoms with Gasteiger partial charge in [0.05, 0.1) is 10.2 Å². The Bertz CT molecular complexity index is 1140. The molecule has 0 bridgehead atoms. The van der Waals surface area contributed by atoms with E-state index in [1.807, 2.05) is 31.2 Å². The van der Waals surface area contributed by atoms with Crippen LogP contribution in [0.15, 0.2) is 48.9 Å². The van der Waals surface area contributed by atoms with Crippen molar-refractivity contribution in [3.63, 3.8) is 0 Å². The molecule has 0 radical (unpaired) electrons. The van der Waals surface area contributed by atoms with Crippen LogP contribution in [0.1, 0.15) is 6.92 Å². The van der Waals surface area contributed by atoms with Crippen LogP contribution in [0.5, 0.6) is 0 Å². The first kappa shape index (κ1) is 17.8. The molecule has 3 heterocycles. The number of fused-ring (bicyclic) bond motifs is 1. The second kappa shape index (κ2) is 7.57. The van der Waals surface area contributed by atoms with Crippen LogP contribution in [0, 0.1) is 0 Å². The number of rotatable bonds is 4. The highest BCUT2D eigenvalue weighted by Crippen LogP contribution is 2.37. The maximum absolute atomic E-state index is 11.9. The maximum Gasteiger partial charge on any atom is 0.321 e. The smallest absolute Gasteiger partial charge is 0.321 e. The highest BCUT2D eigenvalue weighted by molar-refractivity contribution is 7.22. The first-order valence-corrected chi connectivity index (χ1v) is 9.44. The average molecular weight is 391 g/mol. The topological polar surface area (TPSA) is 119 Å². The third-order valence-electron chi connectivity index (χ3n) is 3.96.